The average Bonchev–Trinajstić information content (AvgIpc) is 2.69. The maximum atomic E-state index is 12.7. The molecule has 0 radical (unpaired) electrons. The SMILES string of the molecule is CC[C@@H](CNC(=O)C[C@H]1c2ccccc2C=CN1C(C)=O)c1ccccc1. The van der Waals surface area contributed by atoms with E-state index >= 15 is 0 Å². The van der Waals surface area contributed by atoms with Gasteiger partial charge in [-0.2, -0.15) is 0 Å². The van der Waals surface area contributed by atoms with Crippen molar-refractivity contribution in [2.75, 3.05) is 6.54 Å². The van der Waals surface area contributed by atoms with Crippen LogP contribution in [0.4, 0.5) is 0 Å². The first-order chi connectivity index (χ1) is 13.1. The van der Waals surface area contributed by atoms with Gasteiger partial charge in [-0.05, 0) is 29.2 Å². The van der Waals surface area contributed by atoms with Crippen molar-refractivity contribution < 1.29 is 9.59 Å². The van der Waals surface area contributed by atoms with Gasteiger partial charge in [0.25, 0.3) is 0 Å². The van der Waals surface area contributed by atoms with Crippen LogP contribution in [0.2, 0.25) is 0 Å². The molecule has 0 saturated carbocycles. The zero-order valence-corrected chi connectivity index (χ0v) is 15.9. The highest BCUT2D eigenvalue weighted by Crippen LogP contribution is 2.32. The lowest BCUT2D eigenvalue weighted by molar-refractivity contribution is -0.129. The molecule has 0 saturated heterocycles. The summed E-state index contributed by atoms with van der Waals surface area (Å²) in [6.07, 6.45) is 4.92. The van der Waals surface area contributed by atoms with Crippen LogP contribution in [0, 0.1) is 0 Å². The van der Waals surface area contributed by atoms with Crippen LogP contribution >= 0.6 is 0 Å². The van der Waals surface area contributed by atoms with Gasteiger partial charge in [-0.15, -0.1) is 0 Å². The van der Waals surface area contributed by atoms with E-state index < -0.39 is 0 Å². The molecular weight excluding hydrogens is 336 g/mol. The van der Waals surface area contributed by atoms with Crippen LogP contribution in [0.3, 0.4) is 0 Å². The molecule has 0 bridgehead atoms. The van der Waals surface area contributed by atoms with E-state index in [0.29, 0.717) is 6.54 Å². The van der Waals surface area contributed by atoms with E-state index in [2.05, 4.69) is 24.4 Å². The molecule has 4 nitrogen and oxygen atoms in total. The molecule has 3 rings (SSSR count). The fourth-order valence-corrected chi connectivity index (χ4v) is 3.62. The maximum absolute atomic E-state index is 12.7. The van der Waals surface area contributed by atoms with E-state index in [0.717, 1.165) is 17.5 Å². The van der Waals surface area contributed by atoms with Crippen LogP contribution in [0.1, 0.15) is 55.3 Å². The largest absolute Gasteiger partial charge is 0.355 e. The first-order valence-corrected chi connectivity index (χ1v) is 9.47. The number of nitrogens with zero attached hydrogens (tertiary/aromatic N) is 1. The Bertz CT molecular complexity index is 829. The van der Waals surface area contributed by atoms with Crippen molar-refractivity contribution in [3.63, 3.8) is 0 Å². The number of amides is 2. The summed E-state index contributed by atoms with van der Waals surface area (Å²) >= 11 is 0. The van der Waals surface area contributed by atoms with Crippen molar-refractivity contribution in [3.05, 3.63) is 77.5 Å². The third-order valence-electron chi connectivity index (χ3n) is 5.16. The fraction of sp³-hybridized carbons (Fsp3) is 0.304. The molecule has 0 unspecified atom stereocenters. The van der Waals surface area contributed by atoms with Crippen LogP contribution in [0.5, 0.6) is 0 Å². The van der Waals surface area contributed by atoms with Crippen LogP contribution in [-0.4, -0.2) is 23.3 Å². The van der Waals surface area contributed by atoms with Gasteiger partial charge in [0.05, 0.1) is 12.5 Å². The number of rotatable bonds is 6. The summed E-state index contributed by atoms with van der Waals surface area (Å²) in [5.74, 6) is 0.192. The Hall–Kier alpha value is -2.88. The second-order valence-electron chi connectivity index (χ2n) is 6.91. The molecule has 0 aliphatic carbocycles. The standard InChI is InChI=1S/C23H26N2O2/c1-3-18(19-9-5-4-6-10-19)16-24-23(27)15-22-21-12-8-7-11-20(21)13-14-25(22)17(2)26/h4-14,18,22H,3,15-16H2,1-2H3,(H,24,27)/t18-,22-/m0/s1. The molecule has 2 atom stereocenters. The summed E-state index contributed by atoms with van der Waals surface area (Å²) in [7, 11) is 0. The minimum absolute atomic E-state index is 0.0364. The van der Waals surface area contributed by atoms with E-state index in [9.17, 15) is 9.59 Å². The van der Waals surface area contributed by atoms with Crippen LogP contribution in [0.15, 0.2) is 60.8 Å². The summed E-state index contributed by atoms with van der Waals surface area (Å²) < 4.78 is 0. The van der Waals surface area contributed by atoms with Crippen LogP contribution in [-0.2, 0) is 9.59 Å². The van der Waals surface area contributed by atoms with Crippen LogP contribution in [0.25, 0.3) is 6.08 Å². The summed E-state index contributed by atoms with van der Waals surface area (Å²) in [5, 5.41) is 3.07. The van der Waals surface area contributed by atoms with Gasteiger partial charge in [0, 0.05) is 25.6 Å². The fourth-order valence-electron chi connectivity index (χ4n) is 3.62. The molecule has 27 heavy (non-hydrogen) atoms. The minimum Gasteiger partial charge on any atom is -0.355 e. The van der Waals surface area contributed by atoms with Gasteiger partial charge in [0.1, 0.15) is 0 Å². The third kappa shape index (κ3) is 4.45. The van der Waals surface area contributed by atoms with Gasteiger partial charge in [-0.3, -0.25) is 9.59 Å². The summed E-state index contributed by atoms with van der Waals surface area (Å²) in [6, 6.07) is 17.9. The highest BCUT2D eigenvalue weighted by molar-refractivity contribution is 5.81. The average molecular weight is 362 g/mol. The number of hydrogen-bond acceptors (Lipinski definition) is 2. The van der Waals surface area contributed by atoms with E-state index in [1.165, 1.54) is 12.5 Å². The Labute approximate surface area is 160 Å². The zero-order valence-electron chi connectivity index (χ0n) is 15.9. The topological polar surface area (TPSA) is 49.4 Å². The van der Waals surface area contributed by atoms with E-state index in [-0.39, 0.29) is 30.2 Å². The van der Waals surface area contributed by atoms with Crippen molar-refractivity contribution in [2.24, 2.45) is 0 Å². The van der Waals surface area contributed by atoms with Gasteiger partial charge < -0.3 is 10.2 Å². The van der Waals surface area contributed by atoms with Gasteiger partial charge in [-0.1, -0.05) is 61.5 Å². The minimum atomic E-state index is -0.263. The smallest absolute Gasteiger partial charge is 0.223 e. The molecule has 2 aromatic rings. The van der Waals surface area contributed by atoms with Gasteiger partial charge in [0.2, 0.25) is 11.8 Å². The predicted molar refractivity (Wildman–Crippen MR) is 108 cm³/mol. The van der Waals surface area contributed by atoms with Gasteiger partial charge in [-0.25, -0.2) is 0 Å². The van der Waals surface area contributed by atoms with E-state index in [1.54, 1.807) is 11.1 Å². The lowest BCUT2D eigenvalue weighted by Gasteiger charge is -2.32. The second-order valence-corrected chi connectivity index (χ2v) is 6.91. The van der Waals surface area contributed by atoms with Crippen molar-refractivity contribution >= 4 is 17.9 Å². The highest BCUT2D eigenvalue weighted by atomic mass is 16.2. The number of nitrogens with one attached hydrogen (secondary N) is 1. The number of carbonyl (C=O) groups is 2. The Kier molecular flexibility index (Phi) is 6.07. The quantitative estimate of drug-likeness (QED) is 0.835. The van der Waals surface area contributed by atoms with Crippen molar-refractivity contribution in [2.45, 2.75) is 38.6 Å². The Morgan fingerprint density at radius 1 is 1.07 bits per heavy atom. The maximum Gasteiger partial charge on any atom is 0.223 e. The van der Waals surface area contributed by atoms with Gasteiger partial charge in [0.15, 0.2) is 0 Å². The monoisotopic (exact) mass is 362 g/mol. The molecule has 4 heteroatoms. The molecule has 1 aliphatic heterocycles. The molecule has 1 heterocycles. The molecule has 1 aliphatic rings. The Morgan fingerprint density at radius 2 is 1.78 bits per heavy atom. The van der Waals surface area contributed by atoms with E-state index in [4.69, 9.17) is 0 Å². The van der Waals surface area contributed by atoms with Gasteiger partial charge >= 0.3 is 0 Å². The highest BCUT2D eigenvalue weighted by Gasteiger charge is 2.28. The molecule has 2 aromatic carbocycles. The number of hydrogen-bond donors (Lipinski definition) is 1. The molecule has 140 valence electrons. The summed E-state index contributed by atoms with van der Waals surface area (Å²) in [6.45, 7) is 4.26. The Morgan fingerprint density at radius 3 is 2.48 bits per heavy atom. The lowest BCUT2D eigenvalue weighted by Crippen LogP contribution is -2.36. The molecule has 2 amide bonds. The zero-order chi connectivity index (χ0) is 19.2. The molecule has 0 fully saturated rings. The van der Waals surface area contributed by atoms with E-state index in [1.807, 2.05) is 48.5 Å². The Balaban J connectivity index is 1.68. The van der Waals surface area contributed by atoms with Crippen molar-refractivity contribution in [1.29, 1.82) is 0 Å². The molecule has 1 N–H and O–H groups in total. The second kappa shape index (κ2) is 8.67. The third-order valence-corrected chi connectivity index (χ3v) is 5.16. The summed E-state index contributed by atoms with van der Waals surface area (Å²) in [5.41, 5.74) is 3.31. The predicted octanol–water partition coefficient (Wildman–Crippen LogP) is 4.26. The normalized spacial score (nSPS) is 16.5. The molecule has 0 aromatic heterocycles. The number of fused-ring (bicyclic) bond motifs is 1. The van der Waals surface area contributed by atoms with Crippen molar-refractivity contribution in [3.8, 4) is 0 Å². The first-order valence-electron chi connectivity index (χ1n) is 9.47. The molecule has 0 spiro atoms. The first kappa shape index (κ1) is 18.9. The number of benzene rings is 2. The number of carbonyl (C=O) groups excluding carboxylic acids is 2. The lowest BCUT2D eigenvalue weighted by atomic mass is 9.93. The van der Waals surface area contributed by atoms with Crippen molar-refractivity contribution in [1.82, 2.24) is 10.2 Å². The van der Waals surface area contributed by atoms with Crippen LogP contribution < -0.4 is 5.32 Å². The molecular formula is C23H26N2O2. The summed E-state index contributed by atoms with van der Waals surface area (Å²) in [4.78, 5) is 26.4.